The maximum absolute atomic E-state index is 12.3. The van der Waals surface area contributed by atoms with E-state index in [0.717, 1.165) is 10.8 Å². The summed E-state index contributed by atoms with van der Waals surface area (Å²) < 4.78 is 0. The number of hydrogen-bond acceptors (Lipinski definition) is 3. The third kappa shape index (κ3) is 2.69. The average Bonchev–Trinajstić information content (AvgIpc) is 2.49. The van der Waals surface area contributed by atoms with Crippen LogP contribution in [0, 0.1) is 0 Å². The molecule has 0 saturated heterocycles. The second kappa shape index (κ2) is 5.58. The number of benzene rings is 3. The summed E-state index contributed by atoms with van der Waals surface area (Å²) in [5.74, 6) is -0.772. The van der Waals surface area contributed by atoms with E-state index in [1.54, 1.807) is 12.1 Å². The molecule has 3 rings (SSSR count). The largest absolute Gasteiger partial charge is 0.507 e. The molecule has 0 aliphatic carbocycles. The molecule has 4 nitrogen and oxygen atoms in total. The summed E-state index contributed by atoms with van der Waals surface area (Å²) in [6, 6.07) is 14.9. The lowest BCUT2D eigenvalue weighted by atomic mass is 10.1. The molecule has 3 N–H and O–H groups in total. The number of anilines is 1. The zero-order valence-corrected chi connectivity index (χ0v) is 12.1. The quantitative estimate of drug-likeness (QED) is 0.622. The number of nitrogens with one attached hydrogen (secondary N) is 1. The van der Waals surface area contributed by atoms with Crippen molar-refractivity contribution in [3.05, 3.63) is 65.2 Å². The second-order valence-electron chi connectivity index (χ2n) is 4.83. The highest BCUT2D eigenvalue weighted by Gasteiger charge is 2.14. The Labute approximate surface area is 131 Å². The molecule has 0 spiro atoms. The van der Waals surface area contributed by atoms with Gasteiger partial charge in [0.2, 0.25) is 0 Å². The van der Waals surface area contributed by atoms with Crippen molar-refractivity contribution in [2.45, 2.75) is 0 Å². The number of phenols is 2. The maximum Gasteiger partial charge on any atom is 0.259 e. The van der Waals surface area contributed by atoms with E-state index in [2.05, 4.69) is 5.32 Å². The van der Waals surface area contributed by atoms with Gasteiger partial charge in [0.05, 0.1) is 11.3 Å². The average molecular weight is 314 g/mol. The molecule has 110 valence electrons. The van der Waals surface area contributed by atoms with E-state index in [1.165, 1.54) is 18.2 Å². The number of fused-ring (bicyclic) bond motifs is 1. The second-order valence-corrected chi connectivity index (χ2v) is 5.27. The Morgan fingerprint density at radius 3 is 2.27 bits per heavy atom. The highest BCUT2D eigenvalue weighted by atomic mass is 35.5. The van der Waals surface area contributed by atoms with E-state index in [9.17, 15) is 15.0 Å². The van der Waals surface area contributed by atoms with Crippen LogP contribution >= 0.6 is 11.6 Å². The van der Waals surface area contributed by atoms with Crippen LogP contribution in [0.5, 0.6) is 11.5 Å². The van der Waals surface area contributed by atoms with Crippen molar-refractivity contribution in [1.82, 2.24) is 0 Å². The number of phenolic OH excluding ortho intramolecular Hbond substituents is 2. The van der Waals surface area contributed by atoms with Crippen LogP contribution in [0.25, 0.3) is 10.8 Å². The van der Waals surface area contributed by atoms with Crippen molar-refractivity contribution in [2.75, 3.05) is 5.32 Å². The monoisotopic (exact) mass is 313 g/mol. The summed E-state index contributed by atoms with van der Waals surface area (Å²) in [6.07, 6.45) is 0. The number of rotatable bonds is 2. The van der Waals surface area contributed by atoms with Gasteiger partial charge in [0, 0.05) is 11.1 Å². The molecule has 0 unspecified atom stereocenters. The third-order valence-corrected chi connectivity index (χ3v) is 3.55. The summed E-state index contributed by atoms with van der Waals surface area (Å²) in [5.41, 5.74) is 0.356. The zero-order chi connectivity index (χ0) is 15.7. The van der Waals surface area contributed by atoms with Gasteiger partial charge in [0.15, 0.2) is 0 Å². The van der Waals surface area contributed by atoms with Gasteiger partial charge in [-0.3, -0.25) is 4.79 Å². The summed E-state index contributed by atoms with van der Waals surface area (Å²) in [5, 5.41) is 24.4. The Balaban J connectivity index is 1.96. The van der Waals surface area contributed by atoms with Gasteiger partial charge in [-0.1, -0.05) is 35.9 Å². The first-order valence-corrected chi connectivity index (χ1v) is 6.94. The number of aromatic hydroxyl groups is 2. The van der Waals surface area contributed by atoms with Gasteiger partial charge in [-0.25, -0.2) is 0 Å². The van der Waals surface area contributed by atoms with Crippen LogP contribution in [0.2, 0.25) is 5.02 Å². The van der Waals surface area contributed by atoms with Crippen LogP contribution in [0.15, 0.2) is 54.6 Å². The summed E-state index contributed by atoms with van der Waals surface area (Å²) in [6.45, 7) is 0. The Hall–Kier alpha value is -2.72. The van der Waals surface area contributed by atoms with Crippen LogP contribution < -0.4 is 5.32 Å². The summed E-state index contributed by atoms with van der Waals surface area (Å²) in [7, 11) is 0. The minimum atomic E-state index is -0.513. The van der Waals surface area contributed by atoms with Gasteiger partial charge >= 0.3 is 0 Å². The number of carbonyl (C=O) groups is 1. The smallest absolute Gasteiger partial charge is 0.259 e. The predicted molar refractivity (Wildman–Crippen MR) is 86.7 cm³/mol. The van der Waals surface area contributed by atoms with Crippen LogP contribution in [0.4, 0.5) is 5.69 Å². The standard InChI is InChI=1S/C17H12ClNO3/c18-12-5-6-14(16(21)9-12)19-17(22)13-7-10-3-1-2-4-11(10)8-15(13)20/h1-9,20-21H,(H,19,22). The lowest BCUT2D eigenvalue weighted by Gasteiger charge is -2.10. The maximum atomic E-state index is 12.3. The molecule has 1 amide bonds. The lowest BCUT2D eigenvalue weighted by molar-refractivity contribution is 0.102. The van der Waals surface area contributed by atoms with Crippen molar-refractivity contribution in [1.29, 1.82) is 0 Å². The number of amides is 1. The number of hydrogen-bond donors (Lipinski definition) is 3. The van der Waals surface area contributed by atoms with Crippen LogP contribution in [-0.2, 0) is 0 Å². The first-order chi connectivity index (χ1) is 10.5. The van der Waals surface area contributed by atoms with E-state index < -0.39 is 5.91 Å². The third-order valence-electron chi connectivity index (χ3n) is 3.32. The van der Waals surface area contributed by atoms with Crippen molar-refractivity contribution < 1.29 is 15.0 Å². The van der Waals surface area contributed by atoms with Crippen molar-refractivity contribution in [3.63, 3.8) is 0 Å². The molecule has 0 aliphatic heterocycles. The molecule has 3 aromatic rings. The number of carbonyl (C=O) groups excluding carboxylic acids is 1. The van der Waals surface area contributed by atoms with Gasteiger partial charge < -0.3 is 15.5 Å². The summed E-state index contributed by atoms with van der Waals surface area (Å²) in [4.78, 5) is 12.3. The Kier molecular flexibility index (Phi) is 3.61. The van der Waals surface area contributed by atoms with E-state index >= 15 is 0 Å². The Morgan fingerprint density at radius 2 is 1.59 bits per heavy atom. The molecule has 3 aromatic carbocycles. The van der Waals surface area contributed by atoms with Crippen molar-refractivity contribution in [3.8, 4) is 11.5 Å². The summed E-state index contributed by atoms with van der Waals surface area (Å²) >= 11 is 5.75. The molecule has 5 heteroatoms. The van der Waals surface area contributed by atoms with Crippen LogP contribution in [0.3, 0.4) is 0 Å². The molecular weight excluding hydrogens is 302 g/mol. The fourth-order valence-electron chi connectivity index (χ4n) is 2.21. The van der Waals surface area contributed by atoms with Gasteiger partial charge in [0.25, 0.3) is 5.91 Å². The Bertz CT molecular complexity index is 877. The topological polar surface area (TPSA) is 69.6 Å². The highest BCUT2D eigenvalue weighted by Crippen LogP contribution is 2.29. The molecule has 0 aliphatic rings. The fraction of sp³-hybridized carbons (Fsp3) is 0. The van der Waals surface area contributed by atoms with E-state index in [-0.39, 0.29) is 22.7 Å². The van der Waals surface area contributed by atoms with Crippen molar-refractivity contribution in [2.24, 2.45) is 0 Å². The molecule has 0 radical (unpaired) electrons. The molecule has 0 bridgehead atoms. The van der Waals surface area contributed by atoms with Gasteiger partial charge in [-0.2, -0.15) is 0 Å². The minimum absolute atomic E-state index is 0.121. The minimum Gasteiger partial charge on any atom is -0.507 e. The fourth-order valence-corrected chi connectivity index (χ4v) is 2.38. The lowest BCUT2D eigenvalue weighted by Crippen LogP contribution is -2.12. The molecule has 22 heavy (non-hydrogen) atoms. The van der Waals surface area contributed by atoms with Crippen LogP contribution in [0.1, 0.15) is 10.4 Å². The first-order valence-electron chi connectivity index (χ1n) is 6.56. The molecule has 0 atom stereocenters. The van der Waals surface area contributed by atoms with Crippen molar-refractivity contribution >= 4 is 34.0 Å². The van der Waals surface area contributed by atoms with E-state index in [0.29, 0.717) is 5.02 Å². The molecule has 0 heterocycles. The van der Waals surface area contributed by atoms with Gasteiger partial charge in [-0.15, -0.1) is 0 Å². The SMILES string of the molecule is O=C(Nc1ccc(Cl)cc1O)c1cc2ccccc2cc1O. The molecule has 0 aromatic heterocycles. The van der Waals surface area contributed by atoms with Gasteiger partial charge in [-0.05, 0) is 35.0 Å². The van der Waals surface area contributed by atoms with Crippen LogP contribution in [-0.4, -0.2) is 16.1 Å². The first kappa shape index (κ1) is 14.2. The normalized spacial score (nSPS) is 10.6. The highest BCUT2D eigenvalue weighted by molar-refractivity contribution is 6.30. The molecular formula is C17H12ClNO3. The van der Waals surface area contributed by atoms with Gasteiger partial charge in [0.1, 0.15) is 11.5 Å². The zero-order valence-electron chi connectivity index (χ0n) is 11.4. The van der Waals surface area contributed by atoms with E-state index in [1.807, 2.05) is 24.3 Å². The van der Waals surface area contributed by atoms with E-state index in [4.69, 9.17) is 11.6 Å². The molecule has 0 saturated carbocycles. The Morgan fingerprint density at radius 1 is 0.909 bits per heavy atom. The molecule has 0 fully saturated rings. The predicted octanol–water partition coefficient (Wildman–Crippen LogP) is 4.16. The number of halogens is 1.